The highest BCUT2D eigenvalue weighted by Crippen LogP contribution is 2.21. The van der Waals surface area contributed by atoms with Gasteiger partial charge in [0.25, 0.3) is 5.56 Å². The monoisotopic (exact) mass is 437 g/mol. The van der Waals surface area contributed by atoms with Crippen molar-refractivity contribution in [3.05, 3.63) is 70.0 Å². The average molecular weight is 438 g/mol. The number of amides is 1. The van der Waals surface area contributed by atoms with E-state index in [0.29, 0.717) is 35.7 Å². The normalized spacial score (nSPS) is 19.0. The lowest BCUT2D eigenvalue weighted by Crippen LogP contribution is -2.48. The number of rotatable bonds is 5. The van der Waals surface area contributed by atoms with Crippen LogP contribution in [0.2, 0.25) is 0 Å². The SMILES string of the molecule is Cc1ccc(Cn2c(SCC(=O)N3CC(C)OC(C)C3)nc3ccccc3c2=O)cc1. The molecule has 1 fully saturated rings. The summed E-state index contributed by atoms with van der Waals surface area (Å²) in [7, 11) is 0. The Bertz CT molecular complexity index is 1130. The van der Waals surface area contributed by atoms with E-state index in [1.165, 1.54) is 17.3 Å². The van der Waals surface area contributed by atoms with Crippen LogP contribution in [0.25, 0.3) is 10.9 Å². The van der Waals surface area contributed by atoms with Crippen LogP contribution in [0.5, 0.6) is 0 Å². The number of fused-ring (bicyclic) bond motifs is 1. The molecule has 1 saturated heterocycles. The van der Waals surface area contributed by atoms with Gasteiger partial charge in [-0.15, -0.1) is 0 Å². The first-order chi connectivity index (χ1) is 14.9. The lowest BCUT2D eigenvalue weighted by molar-refractivity contribution is -0.140. The highest BCUT2D eigenvalue weighted by atomic mass is 32.2. The fourth-order valence-corrected chi connectivity index (χ4v) is 4.77. The number of benzene rings is 2. The predicted molar refractivity (Wildman–Crippen MR) is 124 cm³/mol. The average Bonchev–Trinajstić information content (AvgIpc) is 2.75. The Hall–Kier alpha value is -2.64. The summed E-state index contributed by atoms with van der Waals surface area (Å²) in [5, 5.41) is 1.15. The Kier molecular flexibility index (Phi) is 6.43. The van der Waals surface area contributed by atoms with Gasteiger partial charge in [-0.05, 0) is 38.5 Å². The molecule has 1 amide bonds. The molecule has 7 heteroatoms. The molecule has 1 aromatic heterocycles. The van der Waals surface area contributed by atoms with Crippen molar-refractivity contribution in [3.8, 4) is 0 Å². The molecule has 6 nitrogen and oxygen atoms in total. The number of carbonyl (C=O) groups excluding carboxylic acids is 1. The van der Waals surface area contributed by atoms with Gasteiger partial charge in [-0.2, -0.15) is 0 Å². The van der Waals surface area contributed by atoms with Gasteiger partial charge in [-0.25, -0.2) is 4.98 Å². The van der Waals surface area contributed by atoms with Crippen LogP contribution in [-0.2, 0) is 16.1 Å². The first-order valence-electron chi connectivity index (χ1n) is 10.5. The van der Waals surface area contributed by atoms with Gasteiger partial charge in [0.1, 0.15) is 0 Å². The number of thioether (sulfide) groups is 1. The molecule has 2 heterocycles. The van der Waals surface area contributed by atoms with Crippen molar-refractivity contribution < 1.29 is 9.53 Å². The van der Waals surface area contributed by atoms with E-state index in [-0.39, 0.29) is 29.4 Å². The zero-order chi connectivity index (χ0) is 22.0. The molecule has 0 aliphatic carbocycles. The van der Waals surface area contributed by atoms with Gasteiger partial charge in [0.2, 0.25) is 5.91 Å². The smallest absolute Gasteiger partial charge is 0.262 e. The summed E-state index contributed by atoms with van der Waals surface area (Å²) < 4.78 is 7.40. The number of ether oxygens (including phenoxy) is 1. The van der Waals surface area contributed by atoms with Crippen LogP contribution < -0.4 is 5.56 Å². The Morgan fingerprint density at radius 3 is 2.48 bits per heavy atom. The molecule has 4 rings (SSSR count). The molecule has 1 aliphatic rings. The summed E-state index contributed by atoms with van der Waals surface area (Å²) in [4.78, 5) is 32.7. The second kappa shape index (κ2) is 9.24. The highest BCUT2D eigenvalue weighted by molar-refractivity contribution is 7.99. The predicted octanol–water partition coefficient (Wildman–Crippen LogP) is 3.48. The first kappa shape index (κ1) is 21.6. The number of nitrogens with zero attached hydrogens (tertiary/aromatic N) is 3. The largest absolute Gasteiger partial charge is 0.372 e. The van der Waals surface area contributed by atoms with E-state index in [1.54, 1.807) is 10.6 Å². The van der Waals surface area contributed by atoms with Gasteiger partial charge < -0.3 is 9.64 Å². The van der Waals surface area contributed by atoms with Gasteiger partial charge >= 0.3 is 0 Å². The zero-order valence-electron chi connectivity index (χ0n) is 18.1. The van der Waals surface area contributed by atoms with Gasteiger partial charge in [0, 0.05) is 13.1 Å². The van der Waals surface area contributed by atoms with E-state index >= 15 is 0 Å². The number of para-hydroxylation sites is 1. The molecular weight excluding hydrogens is 410 g/mol. The minimum absolute atomic E-state index is 0.0243. The van der Waals surface area contributed by atoms with Crippen molar-refractivity contribution in [2.75, 3.05) is 18.8 Å². The molecule has 3 aromatic rings. The Morgan fingerprint density at radius 1 is 1.10 bits per heavy atom. The van der Waals surface area contributed by atoms with Crippen LogP contribution in [0.4, 0.5) is 0 Å². The van der Waals surface area contributed by atoms with E-state index in [0.717, 1.165) is 5.56 Å². The molecule has 0 N–H and O–H groups in total. The van der Waals surface area contributed by atoms with E-state index in [4.69, 9.17) is 9.72 Å². The third-order valence-corrected chi connectivity index (χ3v) is 6.35. The van der Waals surface area contributed by atoms with Crippen LogP contribution in [0.15, 0.2) is 58.5 Å². The molecule has 0 bridgehead atoms. The van der Waals surface area contributed by atoms with E-state index in [1.807, 2.05) is 68.1 Å². The van der Waals surface area contributed by atoms with E-state index in [9.17, 15) is 9.59 Å². The second-order valence-corrected chi connectivity index (χ2v) is 9.08. The summed E-state index contributed by atoms with van der Waals surface area (Å²) in [5.41, 5.74) is 2.75. The summed E-state index contributed by atoms with van der Waals surface area (Å²) in [6.45, 7) is 7.59. The molecule has 0 radical (unpaired) electrons. The molecule has 31 heavy (non-hydrogen) atoms. The maximum absolute atomic E-state index is 13.3. The number of morpholine rings is 1. The molecule has 0 saturated carbocycles. The molecule has 162 valence electrons. The minimum Gasteiger partial charge on any atom is -0.372 e. The van der Waals surface area contributed by atoms with Crippen LogP contribution in [0, 0.1) is 6.92 Å². The third-order valence-electron chi connectivity index (χ3n) is 5.38. The number of aromatic nitrogens is 2. The fraction of sp³-hybridized carbons (Fsp3) is 0.375. The van der Waals surface area contributed by atoms with Crippen molar-refractivity contribution in [1.29, 1.82) is 0 Å². The van der Waals surface area contributed by atoms with E-state index in [2.05, 4.69) is 0 Å². The van der Waals surface area contributed by atoms with Gasteiger partial charge in [-0.3, -0.25) is 14.2 Å². The Labute approximate surface area is 186 Å². The van der Waals surface area contributed by atoms with Crippen molar-refractivity contribution in [3.63, 3.8) is 0 Å². The van der Waals surface area contributed by atoms with E-state index < -0.39 is 0 Å². The Balaban J connectivity index is 1.61. The fourth-order valence-electron chi connectivity index (χ4n) is 3.87. The summed E-state index contributed by atoms with van der Waals surface area (Å²) in [5.74, 6) is 0.272. The lowest BCUT2D eigenvalue weighted by atomic mass is 10.1. The highest BCUT2D eigenvalue weighted by Gasteiger charge is 2.26. The molecular formula is C24H27N3O3S. The van der Waals surface area contributed by atoms with Crippen LogP contribution >= 0.6 is 11.8 Å². The van der Waals surface area contributed by atoms with Gasteiger partial charge in [0.05, 0.1) is 35.4 Å². The number of hydrogen-bond donors (Lipinski definition) is 0. The number of hydrogen-bond acceptors (Lipinski definition) is 5. The van der Waals surface area contributed by atoms with Gasteiger partial charge in [-0.1, -0.05) is 53.7 Å². The minimum atomic E-state index is -0.0882. The van der Waals surface area contributed by atoms with Crippen LogP contribution in [-0.4, -0.2) is 51.4 Å². The zero-order valence-corrected chi connectivity index (χ0v) is 18.9. The molecule has 2 unspecified atom stereocenters. The number of carbonyl (C=O) groups is 1. The Morgan fingerprint density at radius 2 is 1.77 bits per heavy atom. The summed E-state index contributed by atoms with van der Waals surface area (Å²) in [6.07, 6.45) is 0.0485. The second-order valence-electron chi connectivity index (χ2n) is 8.13. The molecule has 2 aromatic carbocycles. The van der Waals surface area contributed by atoms with Crippen LogP contribution in [0.3, 0.4) is 0 Å². The first-order valence-corrected chi connectivity index (χ1v) is 11.5. The number of aryl methyl sites for hydroxylation is 1. The van der Waals surface area contributed by atoms with Crippen molar-refractivity contribution in [2.24, 2.45) is 0 Å². The molecule has 1 aliphatic heterocycles. The maximum Gasteiger partial charge on any atom is 0.262 e. The quantitative estimate of drug-likeness (QED) is 0.452. The van der Waals surface area contributed by atoms with Crippen molar-refractivity contribution in [1.82, 2.24) is 14.5 Å². The topological polar surface area (TPSA) is 64.4 Å². The molecule has 2 atom stereocenters. The third kappa shape index (κ3) is 4.99. The standard InChI is InChI=1S/C24H27N3O3S/c1-16-8-10-19(11-9-16)14-27-23(29)20-6-4-5-7-21(20)25-24(27)31-15-22(28)26-12-17(2)30-18(3)13-26/h4-11,17-18H,12-15H2,1-3H3. The van der Waals surface area contributed by atoms with Crippen molar-refractivity contribution in [2.45, 2.75) is 44.7 Å². The maximum atomic E-state index is 13.3. The lowest BCUT2D eigenvalue weighted by Gasteiger charge is -2.35. The summed E-state index contributed by atoms with van der Waals surface area (Å²) in [6, 6.07) is 15.5. The van der Waals surface area contributed by atoms with Crippen molar-refractivity contribution >= 4 is 28.6 Å². The molecule has 0 spiro atoms. The van der Waals surface area contributed by atoms with Crippen LogP contribution in [0.1, 0.15) is 25.0 Å². The summed E-state index contributed by atoms with van der Waals surface area (Å²) >= 11 is 1.32. The van der Waals surface area contributed by atoms with Gasteiger partial charge in [0.15, 0.2) is 5.16 Å².